The van der Waals surface area contributed by atoms with Gasteiger partial charge in [0.15, 0.2) is 0 Å². The molecule has 4 bridgehead atoms. The standard InChI is InChI=1S/C29H34N8O4/c1-34(2)27(39)23-11-19-13-31-28(33-25(19)37(23)22-10-16-3-4-17(22)9-16)32-24-8-5-18(12-30-24)26(38)35-14-20-6-7-21(15-35)36(20)29(40)41/h5,8,11-13,16-17,20-22H,3-4,6-7,9-10,14-15H2,1-2H3,(H,40,41)(H,30,31,32,33)/t16-,17+,20?,21?,22+/m0/s1. The molecule has 3 aromatic rings. The van der Waals surface area contributed by atoms with E-state index in [1.165, 1.54) is 30.4 Å². The molecule has 2 unspecified atom stereocenters. The molecule has 214 valence electrons. The number of nitrogens with one attached hydrogen (secondary N) is 1. The maximum atomic E-state index is 13.2. The summed E-state index contributed by atoms with van der Waals surface area (Å²) in [5.41, 5.74) is 1.84. The number of rotatable bonds is 5. The van der Waals surface area contributed by atoms with E-state index in [1.807, 2.05) is 6.07 Å². The van der Waals surface area contributed by atoms with Crippen LogP contribution < -0.4 is 5.32 Å². The van der Waals surface area contributed by atoms with Gasteiger partial charge in [0.05, 0.1) is 17.6 Å². The molecule has 2 N–H and O–H groups in total. The average molecular weight is 559 g/mol. The van der Waals surface area contributed by atoms with E-state index in [1.54, 1.807) is 42.2 Å². The molecular weight excluding hydrogens is 524 g/mol. The molecule has 0 aromatic carbocycles. The molecule has 0 radical (unpaired) electrons. The topological polar surface area (TPSA) is 137 Å². The molecule has 2 aliphatic heterocycles. The number of likely N-dealkylation sites (tertiary alicyclic amines) is 1. The molecule has 2 saturated carbocycles. The lowest BCUT2D eigenvalue weighted by Gasteiger charge is -2.39. The number of amides is 3. The van der Waals surface area contributed by atoms with Gasteiger partial charge in [-0.25, -0.2) is 14.8 Å². The van der Waals surface area contributed by atoms with Crippen LogP contribution in [0, 0.1) is 11.8 Å². The number of nitrogens with zero attached hydrogens (tertiary/aromatic N) is 7. The summed E-state index contributed by atoms with van der Waals surface area (Å²) in [5, 5.41) is 13.5. The summed E-state index contributed by atoms with van der Waals surface area (Å²) in [7, 11) is 3.54. The largest absolute Gasteiger partial charge is 0.465 e. The van der Waals surface area contributed by atoms with Crippen LogP contribution in [0.5, 0.6) is 0 Å². The van der Waals surface area contributed by atoms with Gasteiger partial charge in [0.1, 0.15) is 17.2 Å². The minimum atomic E-state index is -0.912. The van der Waals surface area contributed by atoms with Crippen molar-refractivity contribution < 1.29 is 19.5 Å². The number of anilines is 2. The minimum absolute atomic E-state index is 0.0421. The molecule has 5 atom stereocenters. The first kappa shape index (κ1) is 25.7. The molecule has 3 aromatic heterocycles. The van der Waals surface area contributed by atoms with Gasteiger partial charge in [0.25, 0.3) is 11.8 Å². The van der Waals surface area contributed by atoms with Gasteiger partial charge < -0.3 is 24.8 Å². The molecule has 2 saturated heterocycles. The van der Waals surface area contributed by atoms with Crippen molar-refractivity contribution in [3.8, 4) is 0 Å². The van der Waals surface area contributed by atoms with Crippen molar-refractivity contribution in [1.29, 1.82) is 0 Å². The number of hydrogen-bond acceptors (Lipinski definition) is 7. The zero-order valence-corrected chi connectivity index (χ0v) is 23.2. The van der Waals surface area contributed by atoms with Crippen LogP contribution in [-0.4, -0.2) is 96.5 Å². The Hall–Kier alpha value is -4.22. The van der Waals surface area contributed by atoms with Gasteiger partial charge in [0.2, 0.25) is 5.95 Å². The van der Waals surface area contributed by atoms with Crippen LogP contribution in [0.2, 0.25) is 0 Å². The molecular formula is C29H34N8O4. The van der Waals surface area contributed by atoms with E-state index in [9.17, 15) is 19.5 Å². The Labute approximate surface area is 237 Å². The number of piperazine rings is 1. The highest BCUT2D eigenvalue weighted by atomic mass is 16.4. The first-order valence-electron chi connectivity index (χ1n) is 14.4. The number of hydrogen-bond donors (Lipinski definition) is 2. The van der Waals surface area contributed by atoms with Crippen molar-refractivity contribution in [3.63, 3.8) is 0 Å². The van der Waals surface area contributed by atoms with Gasteiger partial charge in [-0.2, -0.15) is 4.98 Å². The van der Waals surface area contributed by atoms with Gasteiger partial charge >= 0.3 is 6.09 Å². The Morgan fingerprint density at radius 3 is 2.39 bits per heavy atom. The van der Waals surface area contributed by atoms with Gasteiger partial charge in [-0.3, -0.25) is 14.5 Å². The third kappa shape index (κ3) is 4.36. The second-order valence-electron chi connectivity index (χ2n) is 12.2. The first-order chi connectivity index (χ1) is 19.8. The number of carbonyl (C=O) groups excluding carboxylic acids is 2. The second kappa shape index (κ2) is 9.71. The summed E-state index contributed by atoms with van der Waals surface area (Å²) in [6.07, 6.45) is 8.65. The lowest BCUT2D eigenvalue weighted by Crippen LogP contribution is -2.56. The van der Waals surface area contributed by atoms with Crippen LogP contribution in [-0.2, 0) is 0 Å². The summed E-state index contributed by atoms with van der Waals surface area (Å²) in [4.78, 5) is 56.5. The number of carbonyl (C=O) groups is 3. The lowest BCUT2D eigenvalue weighted by molar-refractivity contribution is 0.0448. The van der Waals surface area contributed by atoms with E-state index in [4.69, 9.17) is 4.98 Å². The summed E-state index contributed by atoms with van der Waals surface area (Å²) in [6.45, 7) is 0.798. The molecule has 0 spiro atoms. The summed E-state index contributed by atoms with van der Waals surface area (Å²) in [5.74, 6) is 1.96. The Morgan fingerprint density at radius 1 is 1.00 bits per heavy atom. The monoisotopic (exact) mass is 558 g/mol. The van der Waals surface area contributed by atoms with Gasteiger partial charge in [-0.15, -0.1) is 0 Å². The SMILES string of the molecule is CN(C)C(=O)c1cc2cnc(Nc3ccc(C(=O)N4CC5CCC(C4)N5C(=O)O)cn3)nc2n1[C@@H]1C[C@H]2CC[C@@H]1C2. The van der Waals surface area contributed by atoms with Crippen LogP contribution >= 0.6 is 0 Å². The first-order valence-corrected chi connectivity index (χ1v) is 14.4. The summed E-state index contributed by atoms with van der Waals surface area (Å²) < 4.78 is 2.14. The van der Waals surface area contributed by atoms with Crippen molar-refractivity contribution in [1.82, 2.24) is 34.2 Å². The van der Waals surface area contributed by atoms with Crippen molar-refractivity contribution >= 4 is 40.7 Å². The average Bonchev–Trinajstić information content (AvgIpc) is 3.73. The highest BCUT2D eigenvalue weighted by Crippen LogP contribution is 2.52. The van der Waals surface area contributed by atoms with Crippen molar-refractivity contribution in [2.45, 2.75) is 56.7 Å². The number of aromatic nitrogens is 4. The zero-order chi connectivity index (χ0) is 28.4. The Balaban J connectivity index is 1.11. The van der Waals surface area contributed by atoms with Crippen molar-refractivity contribution in [3.05, 3.63) is 41.9 Å². The Morgan fingerprint density at radius 2 is 1.78 bits per heavy atom. The molecule has 12 nitrogen and oxygen atoms in total. The molecule has 5 heterocycles. The van der Waals surface area contributed by atoms with E-state index in [-0.39, 0.29) is 29.9 Å². The zero-order valence-electron chi connectivity index (χ0n) is 23.2. The van der Waals surface area contributed by atoms with Crippen molar-refractivity contribution in [2.75, 3.05) is 32.5 Å². The molecule has 7 rings (SSSR count). The maximum absolute atomic E-state index is 13.2. The number of pyridine rings is 1. The highest BCUT2D eigenvalue weighted by molar-refractivity contribution is 5.98. The fraction of sp³-hybridized carbons (Fsp3) is 0.517. The molecule has 4 fully saturated rings. The van der Waals surface area contributed by atoms with Crippen LogP contribution in [0.4, 0.5) is 16.6 Å². The fourth-order valence-corrected chi connectivity index (χ4v) is 7.60. The quantitative estimate of drug-likeness (QED) is 0.485. The van der Waals surface area contributed by atoms with E-state index in [0.717, 1.165) is 30.3 Å². The molecule has 41 heavy (non-hydrogen) atoms. The molecule has 2 aliphatic carbocycles. The predicted octanol–water partition coefficient (Wildman–Crippen LogP) is 3.60. The fourth-order valence-electron chi connectivity index (χ4n) is 7.60. The van der Waals surface area contributed by atoms with Crippen molar-refractivity contribution in [2.24, 2.45) is 11.8 Å². The third-order valence-corrected chi connectivity index (χ3v) is 9.47. The molecule has 3 amide bonds. The van der Waals surface area contributed by atoms with E-state index < -0.39 is 6.09 Å². The van der Waals surface area contributed by atoms with E-state index in [0.29, 0.717) is 47.9 Å². The number of fused-ring (bicyclic) bond motifs is 5. The van der Waals surface area contributed by atoms with E-state index in [2.05, 4.69) is 19.9 Å². The van der Waals surface area contributed by atoms with Crippen LogP contribution in [0.15, 0.2) is 30.6 Å². The Kier molecular flexibility index (Phi) is 6.09. The predicted molar refractivity (Wildman–Crippen MR) is 150 cm³/mol. The smallest absolute Gasteiger partial charge is 0.407 e. The lowest BCUT2D eigenvalue weighted by atomic mass is 9.95. The van der Waals surface area contributed by atoms with Gasteiger partial charge in [-0.1, -0.05) is 6.42 Å². The van der Waals surface area contributed by atoms with E-state index >= 15 is 0 Å². The third-order valence-electron chi connectivity index (χ3n) is 9.47. The Bertz CT molecular complexity index is 1520. The van der Waals surface area contributed by atoms with Gasteiger partial charge in [-0.05, 0) is 62.1 Å². The summed E-state index contributed by atoms with van der Waals surface area (Å²) >= 11 is 0. The molecule has 4 aliphatic rings. The second-order valence-corrected chi connectivity index (χ2v) is 12.2. The minimum Gasteiger partial charge on any atom is -0.465 e. The molecule has 12 heteroatoms. The van der Waals surface area contributed by atoms with Crippen LogP contribution in [0.3, 0.4) is 0 Å². The van der Waals surface area contributed by atoms with Crippen LogP contribution in [0.1, 0.15) is 65.4 Å². The van der Waals surface area contributed by atoms with Crippen LogP contribution in [0.25, 0.3) is 11.0 Å². The number of carboxylic acid groups (broad SMARTS) is 1. The highest BCUT2D eigenvalue weighted by Gasteiger charge is 2.44. The van der Waals surface area contributed by atoms with Gasteiger partial charge in [0, 0.05) is 51.0 Å². The summed E-state index contributed by atoms with van der Waals surface area (Å²) in [6, 6.07) is 5.29. The normalized spacial score (nSPS) is 26.5. The maximum Gasteiger partial charge on any atom is 0.407 e.